The molecule has 1 aromatic carbocycles. The number of carbonyl (C=O) groups is 1. The summed E-state index contributed by atoms with van der Waals surface area (Å²) >= 11 is 0. The van der Waals surface area contributed by atoms with E-state index in [-0.39, 0.29) is 29.3 Å². The zero-order valence-corrected chi connectivity index (χ0v) is 13.8. The predicted molar refractivity (Wildman–Crippen MR) is 86.0 cm³/mol. The molecule has 1 amide bonds. The monoisotopic (exact) mass is 332 g/mol. The molecule has 0 aromatic heterocycles. The summed E-state index contributed by atoms with van der Waals surface area (Å²) in [7, 11) is 0. The lowest BCUT2D eigenvalue weighted by Crippen LogP contribution is -2.67. The van der Waals surface area contributed by atoms with Crippen LogP contribution in [0.25, 0.3) is 0 Å². The van der Waals surface area contributed by atoms with Crippen LogP contribution in [0, 0.1) is 17.2 Å². The first kappa shape index (κ1) is 15.6. The van der Waals surface area contributed by atoms with Crippen LogP contribution in [0.15, 0.2) is 29.4 Å². The number of fused-ring (bicyclic) bond motifs is 1. The summed E-state index contributed by atoms with van der Waals surface area (Å²) in [6.45, 7) is 5.00. The van der Waals surface area contributed by atoms with Crippen LogP contribution in [0.5, 0.6) is 0 Å². The van der Waals surface area contributed by atoms with Gasteiger partial charge < -0.3 is 14.9 Å². The second-order valence-corrected chi connectivity index (χ2v) is 7.40. The second kappa shape index (κ2) is 5.55. The van der Waals surface area contributed by atoms with E-state index in [9.17, 15) is 9.18 Å². The Labute approximate surface area is 140 Å². The molecule has 0 bridgehead atoms. The quantitative estimate of drug-likeness (QED) is 0.923. The third-order valence-corrected chi connectivity index (χ3v) is 5.52. The summed E-state index contributed by atoms with van der Waals surface area (Å²) in [5, 5.41) is 7.08. The molecule has 3 aliphatic rings. The number of nitrogens with one attached hydrogen (secondary N) is 1. The van der Waals surface area contributed by atoms with Gasteiger partial charge in [-0.1, -0.05) is 31.1 Å². The van der Waals surface area contributed by atoms with Crippen LogP contribution in [-0.4, -0.2) is 36.5 Å². The Kier molecular flexibility index (Phi) is 3.60. The zero-order valence-electron chi connectivity index (χ0n) is 13.8. The van der Waals surface area contributed by atoms with Crippen LogP contribution in [0.2, 0.25) is 0 Å². The lowest BCUT2D eigenvalue weighted by Gasteiger charge is -2.54. The van der Waals surface area contributed by atoms with Gasteiger partial charge >= 0.3 is 0 Å². The maximum Gasteiger partial charge on any atom is 0.264 e. The van der Waals surface area contributed by atoms with Crippen molar-refractivity contribution in [3.8, 4) is 0 Å². The van der Waals surface area contributed by atoms with Crippen molar-refractivity contribution in [3.63, 3.8) is 0 Å². The fourth-order valence-electron chi connectivity index (χ4n) is 4.22. The van der Waals surface area contributed by atoms with Crippen molar-refractivity contribution in [2.75, 3.05) is 6.61 Å². The zero-order chi connectivity index (χ0) is 16.9. The molecule has 4 atom stereocenters. The highest BCUT2D eigenvalue weighted by atomic mass is 19.1. The van der Waals surface area contributed by atoms with Crippen molar-refractivity contribution in [2.24, 2.45) is 16.5 Å². The van der Waals surface area contributed by atoms with Crippen LogP contribution in [0.1, 0.15) is 32.3 Å². The number of benzene rings is 1. The highest BCUT2D eigenvalue weighted by Gasteiger charge is 2.60. The van der Waals surface area contributed by atoms with E-state index in [1.54, 1.807) is 12.1 Å². The van der Waals surface area contributed by atoms with Gasteiger partial charge in [-0.05, 0) is 18.6 Å². The molecule has 2 fully saturated rings. The van der Waals surface area contributed by atoms with Gasteiger partial charge in [0.15, 0.2) is 0 Å². The smallest absolute Gasteiger partial charge is 0.264 e. The molecule has 0 spiro atoms. The van der Waals surface area contributed by atoms with Gasteiger partial charge in [-0.25, -0.2) is 4.39 Å². The molecule has 6 heteroatoms. The van der Waals surface area contributed by atoms with E-state index in [0.717, 1.165) is 13.0 Å². The van der Waals surface area contributed by atoms with Gasteiger partial charge in [-0.3, -0.25) is 4.79 Å². The van der Waals surface area contributed by atoms with E-state index in [4.69, 9.17) is 9.57 Å². The number of nitrogens with zero attached hydrogens (tertiary/aromatic N) is 1. The minimum absolute atomic E-state index is 0.0678. The third-order valence-electron chi connectivity index (χ3n) is 5.52. The van der Waals surface area contributed by atoms with Crippen LogP contribution in [-0.2, 0) is 14.4 Å². The van der Waals surface area contributed by atoms with Gasteiger partial charge in [0.1, 0.15) is 5.82 Å². The Morgan fingerprint density at radius 3 is 3.04 bits per heavy atom. The fourth-order valence-corrected chi connectivity index (χ4v) is 4.22. The van der Waals surface area contributed by atoms with Crippen LogP contribution in [0.4, 0.5) is 4.39 Å². The maximum atomic E-state index is 13.3. The van der Waals surface area contributed by atoms with Gasteiger partial charge in [0.2, 0.25) is 6.10 Å². The van der Waals surface area contributed by atoms with Crippen LogP contribution in [0.3, 0.4) is 0 Å². The molecule has 0 radical (unpaired) electrons. The Hall–Kier alpha value is -1.95. The molecular formula is C18H21FN2O3. The first-order chi connectivity index (χ1) is 11.5. The van der Waals surface area contributed by atoms with Gasteiger partial charge in [0.05, 0.1) is 11.8 Å². The number of amides is 1. The normalized spacial score (nSPS) is 33.2. The molecular weight excluding hydrogens is 311 g/mol. The standard InChI is InChI=1S/C18H21FN2O3/c1-18(2)15(12-6-7-23-16(12)18)20-17(22)14-9-13(21-24-14)10-4-3-5-11(19)8-10/h3-5,8,12,14-16H,6-7,9H2,1-2H3,(H,20,22)/t12-,14-,15+,16-/m0/s1. The molecule has 24 heavy (non-hydrogen) atoms. The molecule has 128 valence electrons. The summed E-state index contributed by atoms with van der Waals surface area (Å²) in [5.74, 6) is -0.103. The molecule has 1 aromatic rings. The van der Waals surface area contributed by atoms with Crippen molar-refractivity contribution in [1.82, 2.24) is 5.32 Å². The van der Waals surface area contributed by atoms with Gasteiger partial charge in [-0.2, -0.15) is 0 Å². The maximum absolute atomic E-state index is 13.3. The predicted octanol–water partition coefficient (Wildman–Crippen LogP) is 2.25. The fraction of sp³-hybridized carbons (Fsp3) is 0.556. The highest BCUT2D eigenvalue weighted by Crippen LogP contribution is 2.52. The molecule has 1 aliphatic carbocycles. The molecule has 2 aliphatic heterocycles. The highest BCUT2D eigenvalue weighted by molar-refractivity contribution is 6.04. The average Bonchev–Trinajstić information content (AvgIpc) is 3.21. The Bertz CT molecular complexity index is 703. The number of hydrogen-bond donors (Lipinski definition) is 1. The summed E-state index contributed by atoms with van der Waals surface area (Å²) in [4.78, 5) is 17.8. The van der Waals surface area contributed by atoms with Crippen molar-refractivity contribution < 1.29 is 18.8 Å². The largest absolute Gasteiger partial charge is 0.382 e. The van der Waals surface area contributed by atoms with Crippen molar-refractivity contribution in [3.05, 3.63) is 35.6 Å². The summed E-state index contributed by atoms with van der Waals surface area (Å²) < 4.78 is 19.1. The van der Waals surface area contributed by atoms with E-state index in [1.165, 1.54) is 12.1 Å². The number of hydrogen-bond acceptors (Lipinski definition) is 4. The molecule has 5 nitrogen and oxygen atoms in total. The lowest BCUT2D eigenvalue weighted by molar-refractivity contribution is -0.145. The van der Waals surface area contributed by atoms with Crippen molar-refractivity contribution in [1.29, 1.82) is 0 Å². The summed E-state index contributed by atoms with van der Waals surface area (Å²) in [5.41, 5.74) is 1.19. The first-order valence-corrected chi connectivity index (χ1v) is 8.37. The third kappa shape index (κ3) is 2.40. The van der Waals surface area contributed by atoms with Gasteiger partial charge in [-0.15, -0.1) is 0 Å². The number of rotatable bonds is 3. The molecule has 1 N–H and O–H groups in total. The van der Waals surface area contributed by atoms with E-state index < -0.39 is 6.10 Å². The summed E-state index contributed by atoms with van der Waals surface area (Å²) in [6, 6.07) is 6.26. The van der Waals surface area contributed by atoms with E-state index in [2.05, 4.69) is 24.3 Å². The number of carbonyl (C=O) groups excluding carboxylic acids is 1. The van der Waals surface area contributed by atoms with E-state index >= 15 is 0 Å². The molecule has 4 rings (SSSR count). The number of ether oxygens (including phenoxy) is 1. The molecule has 2 heterocycles. The average molecular weight is 332 g/mol. The lowest BCUT2D eigenvalue weighted by atomic mass is 9.57. The van der Waals surface area contributed by atoms with E-state index in [1.807, 2.05) is 0 Å². The minimum atomic E-state index is -0.652. The molecule has 0 unspecified atom stereocenters. The molecule has 1 saturated carbocycles. The van der Waals surface area contributed by atoms with Gasteiger partial charge in [0, 0.05) is 36.0 Å². The van der Waals surface area contributed by atoms with Crippen LogP contribution < -0.4 is 5.32 Å². The second-order valence-electron chi connectivity index (χ2n) is 7.40. The first-order valence-electron chi connectivity index (χ1n) is 8.37. The van der Waals surface area contributed by atoms with E-state index in [0.29, 0.717) is 23.6 Å². The number of halogens is 1. The Morgan fingerprint density at radius 1 is 1.42 bits per heavy atom. The SMILES string of the molecule is CC1(C)[C@H](NC(=O)[C@@H]2CC(c3cccc(F)c3)=NO2)[C@@H]2CCO[C@@H]21. The Morgan fingerprint density at radius 2 is 2.25 bits per heavy atom. The summed E-state index contributed by atoms with van der Waals surface area (Å²) in [6.07, 6.45) is 0.912. The van der Waals surface area contributed by atoms with Crippen molar-refractivity contribution in [2.45, 2.75) is 44.9 Å². The topological polar surface area (TPSA) is 59.9 Å². The van der Waals surface area contributed by atoms with Crippen molar-refractivity contribution >= 4 is 11.6 Å². The molecule has 1 saturated heterocycles. The number of oxime groups is 1. The van der Waals surface area contributed by atoms with Crippen LogP contribution >= 0.6 is 0 Å². The van der Waals surface area contributed by atoms with Gasteiger partial charge in [0.25, 0.3) is 5.91 Å². The minimum Gasteiger partial charge on any atom is -0.382 e. The Balaban J connectivity index is 1.39.